The number of allylic oxidation sites excluding steroid dienone is 2. The average molecular weight is 706 g/mol. The Hall–Kier alpha value is -2.96. The van der Waals surface area contributed by atoms with Gasteiger partial charge in [-0.15, -0.1) is 0 Å². The summed E-state index contributed by atoms with van der Waals surface area (Å²) < 4.78 is 30.6. The van der Waals surface area contributed by atoms with Crippen LogP contribution in [0, 0.1) is 11.8 Å². The molecular weight excluding hydrogens is 645 g/mol. The van der Waals surface area contributed by atoms with Crippen LogP contribution >= 0.6 is 0 Å². The lowest BCUT2D eigenvalue weighted by molar-refractivity contribution is -0.151. The summed E-state index contributed by atoms with van der Waals surface area (Å²) in [5.41, 5.74) is -0.746. The van der Waals surface area contributed by atoms with E-state index in [2.05, 4.69) is 4.90 Å². The largest absolute Gasteiger partial charge is 0.457 e. The van der Waals surface area contributed by atoms with E-state index in [9.17, 15) is 29.0 Å². The first-order chi connectivity index (χ1) is 23.8. The molecule has 3 heterocycles. The van der Waals surface area contributed by atoms with Crippen molar-refractivity contribution in [1.29, 1.82) is 0 Å². The normalized spacial score (nSPS) is 32.8. The highest BCUT2D eigenvalue weighted by molar-refractivity contribution is 5.70. The fourth-order valence-electron chi connectivity index (χ4n) is 7.25. The lowest BCUT2D eigenvalue weighted by Gasteiger charge is -2.40. The minimum atomic E-state index is -1.48. The Labute approximate surface area is 297 Å². The van der Waals surface area contributed by atoms with Gasteiger partial charge in [0.2, 0.25) is 0 Å². The number of piperazine rings is 1. The number of aliphatic hydroxyl groups is 2. The van der Waals surface area contributed by atoms with Crippen LogP contribution in [0.1, 0.15) is 91.9 Å². The first kappa shape index (κ1) is 39.8. The summed E-state index contributed by atoms with van der Waals surface area (Å²) in [6.45, 7) is 10.5. The number of hydrogen-bond acceptors (Lipinski definition) is 9. The van der Waals surface area contributed by atoms with Crippen molar-refractivity contribution >= 4 is 18.2 Å². The maximum atomic E-state index is 13.4. The number of carbonyl (C=O) groups is 3. The third-order valence-electron chi connectivity index (χ3n) is 10.6. The molecule has 0 bridgehead atoms. The predicted octanol–water partition coefficient (Wildman–Crippen LogP) is 5.55. The number of likely N-dealkylation sites (tertiary alicyclic amines) is 1. The molecule has 0 aromatic rings. The van der Waals surface area contributed by atoms with Gasteiger partial charge in [-0.3, -0.25) is 9.69 Å². The van der Waals surface area contributed by atoms with Gasteiger partial charge in [-0.25, -0.2) is 14.0 Å². The number of hydrogen-bond donors (Lipinski definition) is 2. The van der Waals surface area contributed by atoms with E-state index in [-0.39, 0.29) is 44.2 Å². The summed E-state index contributed by atoms with van der Waals surface area (Å²) in [6.07, 6.45) is 12.1. The molecule has 0 radical (unpaired) electrons. The standard InChI is InChI=1S/C38H60FN3O8/c1-27(26-48-36(45)42-19-17-30(39)25-42)10-9-11-28(2)35-29(3)14-15-33(38(4,47)18-16-32(43)24-34(44)50-35)49-37(46)41-22-20-40(21-23-41)31-12-7-5-6-8-13-31/h9-11,14-15,27,29-33,35,43,47H,5-8,12-13,16-26H2,1-4H3/b10-9+,15-14+,28-11+/t27?,29-,30+,32-,33-,35+,38-/m0/s1. The maximum absolute atomic E-state index is 13.4. The van der Waals surface area contributed by atoms with Crippen molar-refractivity contribution in [2.24, 2.45) is 11.8 Å². The van der Waals surface area contributed by atoms with Gasteiger partial charge in [0.15, 0.2) is 6.10 Å². The number of amides is 2. The number of cyclic esters (lactones) is 1. The van der Waals surface area contributed by atoms with Crippen LogP contribution in [0.4, 0.5) is 14.0 Å². The van der Waals surface area contributed by atoms with Gasteiger partial charge >= 0.3 is 18.2 Å². The number of alkyl halides is 1. The van der Waals surface area contributed by atoms with Gasteiger partial charge in [-0.1, -0.05) is 63.8 Å². The highest BCUT2D eigenvalue weighted by Gasteiger charge is 2.37. The SMILES string of the molecule is C/C(=C\C=C\C(C)COC(=O)N1CC[C@@H](F)C1)[C@H]1OC(=O)C[C@@H](O)CC[C@](C)(O)[C@@H](OC(=O)N2CCN(C3CCCCCC3)CC2)/C=C/[C@@H]1C. The van der Waals surface area contributed by atoms with E-state index in [1.54, 1.807) is 24.0 Å². The van der Waals surface area contributed by atoms with Crippen LogP contribution < -0.4 is 0 Å². The van der Waals surface area contributed by atoms with E-state index >= 15 is 0 Å². The second kappa shape index (κ2) is 19.0. The highest BCUT2D eigenvalue weighted by Crippen LogP contribution is 2.28. The number of aliphatic hydroxyl groups excluding tert-OH is 1. The van der Waals surface area contributed by atoms with Gasteiger partial charge in [0.1, 0.15) is 17.9 Å². The minimum Gasteiger partial charge on any atom is -0.457 e. The molecule has 0 spiro atoms. The number of carbonyl (C=O) groups excluding carboxylic acids is 3. The second-order valence-corrected chi connectivity index (χ2v) is 15.1. The van der Waals surface area contributed by atoms with Crippen LogP contribution in [0.5, 0.6) is 0 Å². The van der Waals surface area contributed by atoms with Gasteiger partial charge in [0.25, 0.3) is 0 Å². The zero-order valence-corrected chi connectivity index (χ0v) is 30.5. The summed E-state index contributed by atoms with van der Waals surface area (Å²) in [4.78, 5) is 44.1. The van der Waals surface area contributed by atoms with Crippen molar-refractivity contribution < 1.29 is 43.2 Å². The smallest absolute Gasteiger partial charge is 0.410 e. The Balaban J connectivity index is 1.39. The summed E-state index contributed by atoms with van der Waals surface area (Å²) >= 11 is 0. The molecule has 282 valence electrons. The fraction of sp³-hybridized carbons (Fsp3) is 0.763. The van der Waals surface area contributed by atoms with Gasteiger partial charge in [-0.05, 0) is 57.6 Å². The number of rotatable bonds is 7. The first-order valence-corrected chi connectivity index (χ1v) is 18.7. The third-order valence-corrected chi connectivity index (χ3v) is 10.6. The Bertz CT molecular complexity index is 1210. The van der Waals surface area contributed by atoms with E-state index in [4.69, 9.17) is 14.2 Å². The molecule has 12 heteroatoms. The second-order valence-electron chi connectivity index (χ2n) is 15.1. The van der Waals surface area contributed by atoms with Crippen molar-refractivity contribution in [3.8, 4) is 0 Å². The van der Waals surface area contributed by atoms with Crippen LogP contribution in [-0.4, -0.2) is 125 Å². The van der Waals surface area contributed by atoms with E-state index < -0.39 is 48.2 Å². The van der Waals surface area contributed by atoms with Crippen molar-refractivity contribution in [1.82, 2.24) is 14.7 Å². The average Bonchev–Trinajstić information content (AvgIpc) is 3.34. The van der Waals surface area contributed by atoms with E-state index in [1.165, 1.54) is 43.4 Å². The molecule has 7 atom stereocenters. The summed E-state index contributed by atoms with van der Waals surface area (Å²) in [5.74, 6) is -1.03. The molecule has 4 aliphatic rings. The van der Waals surface area contributed by atoms with Crippen LogP contribution in [0.2, 0.25) is 0 Å². The van der Waals surface area contributed by atoms with Crippen LogP contribution in [-0.2, 0) is 19.0 Å². The van der Waals surface area contributed by atoms with Gasteiger partial charge < -0.3 is 34.2 Å². The van der Waals surface area contributed by atoms with Gasteiger partial charge in [0, 0.05) is 50.6 Å². The third kappa shape index (κ3) is 12.1. The van der Waals surface area contributed by atoms with Crippen molar-refractivity contribution in [3.63, 3.8) is 0 Å². The fourth-order valence-corrected chi connectivity index (χ4v) is 7.25. The molecule has 2 amide bonds. The molecule has 3 fully saturated rings. The Morgan fingerprint density at radius 3 is 2.40 bits per heavy atom. The van der Waals surface area contributed by atoms with Gasteiger partial charge in [-0.2, -0.15) is 0 Å². The van der Waals surface area contributed by atoms with Crippen LogP contribution in [0.25, 0.3) is 0 Å². The minimum absolute atomic E-state index is 0.0626. The lowest BCUT2D eigenvalue weighted by atomic mass is 9.89. The molecule has 4 rings (SSSR count). The number of esters is 1. The van der Waals surface area contributed by atoms with Crippen molar-refractivity contribution in [2.45, 2.75) is 128 Å². The molecule has 50 heavy (non-hydrogen) atoms. The zero-order valence-electron chi connectivity index (χ0n) is 30.5. The monoisotopic (exact) mass is 705 g/mol. The molecular formula is C38H60FN3O8. The van der Waals surface area contributed by atoms with Crippen molar-refractivity contribution in [3.05, 3.63) is 36.0 Å². The topological polar surface area (TPSA) is 129 Å². The molecule has 11 nitrogen and oxygen atoms in total. The quantitative estimate of drug-likeness (QED) is 0.115. The molecule has 1 aliphatic carbocycles. The predicted molar refractivity (Wildman–Crippen MR) is 188 cm³/mol. The number of ether oxygens (including phenoxy) is 3. The van der Waals surface area contributed by atoms with E-state index in [0.717, 1.165) is 18.7 Å². The Morgan fingerprint density at radius 2 is 1.74 bits per heavy atom. The van der Waals surface area contributed by atoms with E-state index in [1.807, 2.05) is 39.0 Å². The number of nitrogens with zero attached hydrogens (tertiary/aromatic N) is 3. The van der Waals surface area contributed by atoms with Crippen LogP contribution in [0.15, 0.2) is 36.0 Å². The summed E-state index contributed by atoms with van der Waals surface area (Å²) in [5, 5.41) is 22.2. The molecule has 2 N–H and O–H groups in total. The first-order valence-electron chi connectivity index (χ1n) is 18.7. The van der Waals surface area contributed by atoms with Crippen LogP contribution in [0.3, 0.4) is 0 Å². The van der Waals surface area contributed by atoms with Gasteiger partial charge in [0.05, 0.1) is 25.7 Å². The molecule has 0 aromatic carbocycles. The molecule has 0 aromatic heterocycles. The lowest BCUT2D eigenvalue weighted by Crippen LogP contribution is -2.53. The Morgan fingerprint density at radius 1 is 1.04 bits per heavy atom. The molecule has 1 unspecified atom stereocenters. The molecule has 2 saturated heterocycles. The van der Waals surface area contributed by atoms with Crippen molar-refractivity contribution in [2.75, 3.05) is 45.9 Å². The molecule has 3 aliphatic heterocycles. The zero-order chi connectivity index (χ0) is 36.3. The Kier molecular flexibility index (Phi) is 15.2. The highest BCUT2D eigenvalue weighted by atomic mass is 19.1. The number of halogens is 1. The molecule has 1 saturated carbocycles. The van der Waals surface area contributed by atoms with E-state index in [0.29, 0.717) is 32.1 Å². The summed E-state index contributed by atoms with van der Waals surface area (Å²) in [6, 6.07) is 0.578. The maximum Gasteiger partial charge on any atom is 0.410 e. The summed E-state index contributed by atoms with van der Waals surface area (Å²) in [7, 11) is 0.